The Kier molecular flexibility index (Phi) is 4.11. The Balaban J connectivity index is 1.98. The van der Waals surface area contributed by atoms with Crippen LogP contribution < -0.4 is 11.1 Å². The molecule has 2 heterocycles. The van der Waals surface area contributed by atoms with Gasteiger partial charge in [-0.1, -0.05) is 6.07 Å². The lowest BCUT2D eigenvalue weighted by molar-refractivity contribution is -0.119. The highest BCUT2D eigenvalue weighted by Gasteiger charge is 2.27. The van der Waals surface area contributed by atoms with Crippen molar-refractivity contribution in [2.24, 2.45) is 5.73 Å². The second-order valence-corrected chi connectivity index (χ2v) is 4.69. The van der Waals surface area contributed by atoms with Gasteiger partial charge in [0, 0.05) is 38.8 Å². The molecule has 0 aliphatic carbocycles. The lowest BCUT2D eigenvalue weighted by atomic mass is 10.2. The van der Waals surface area contributed by atoms with Crippen LogP contribution in [-0.2, 0) is 11.3 Å². The first-order valence-corrected chi connectivity index (χ1v) is 6.31. The molecule has 0 saturated carbocycles. The van der Waals surface area contributed by atoms with Gasteiger partial charge in [0.15, 0.2) is 0 Å². The fourth-order valence-corrected chi connectivity index (χ4v) is 2.18. The monoisotopic (exact) mass is 262 g/mol. The van der Waals surface area contributed by atoms with E-state index < -0.39 is 0 Å². The van der Waals surface area contributed by atoms with E-state index in [1.54, 1.807) is 17.2 Å². The maximum absolute atomic E-state index is 12.2. The number of amides is 2. The number of pyridine rings is 1. The van der Waals surface area contributed by atoms with Crippen LogP contribution in [0.5, 0.6) is 0 Å². The molecule has 6 nitrogen and oxygen atoms in total. The average Bonchev–Trinajstić information content (AvgIpc) is 2.85. The normalized spacial score (nSPS) is 18.4. The Hall–Kier alpha value is -1.95. The third-order valence-corrected chi connectivity index (χ3v) is 3.16. The number of likely N-dealkylation sites (tertiary alicyclic amines) is 1. The second-order valence-electron chi connectivity index (χ2n) is 4.69. The molecule has 1 aromatic heterocycles. The van der Waals surface area contributed by atoms with E-state index in [1.807, 2.05) is 6.07 Å². The first-order chi connectivity index (χ1) is 9.10. The van der Waals surface area contributed by atoms with Gasteiger partial charge in [-0.2, -0.15) is 0 Å². The van der Waals surface area contributed by atoms with E-state index in [9.17, 15) is 9.59 Å². The molecule has 0 bridgehead atoms. The van der Waals surface area contributed by atoms with Crippen LogP contribution >= 0.6 is 0 Å². The fourth-order valence-electron chi connectivity index (χ4n) is 2.18. The minimum Gasteiger partial charge on any atom is -0.352 e. The van der Waals surface area contributed by atoms with Gasteiger partial charge < -0.3 is 16.0 Å². The maximum Gasteiger partial charge on any atom is 0.272 e. The van der Waals surface area contributed by atoms with Crippen LogP contribution in [-0.4, -0.2) is 40.8 Å². The number of rotatable bonds is 3. The van der Waals surface area contributed by atoms with Crippen molar-refractivity contribution in [2.75, 3.05) is 13.1 Å². The van der Waals surface area contributed by atoms with Crippen molar-refractivity contribution in [3.63, 3.8) is 0 Å². The minimum absolute atomic E-state index is 0.0461. The smallest absolute Gasteiger partial charge is 0.272 e. The van der Waals surface area contributed by atoms with Gasteiger partial charge in [0.1, 0.15) is 5.69 Å². The molecular formula is C13H18N4O2. The van der Waals surface area contributed by atoms with Crippen LogP contribution in [0.1, 0.15) is 29.4 Å². The van der Waals surface area contributed by atoms with Gasteiger partial charge >= 0.3 is 0 Å². The van der Waals surface area contributed by atoms with Crippen LogP contribution in [0.3, 0.4) is 0 Å². The molecular weight excluding hydrogens is 244 g/mol. The molecule has 1 fully saturated rings. The average molecular weight is 262 g/mol. The van der Waals surface area contributed by atoms with Gasteiger partial charge in [-0.15, -0.1) is 0 Å². The van der Waals surface area contributed by atoms with Crippen LogP contribution in [0.15, 0.2) is 18.3 Å². The van der Waals surface area contributed by atoms with Gasteiger partial charge in [-0.3, -0.25) is 14.6 Å². The van der Waals surface area contributed by atoms with Crippen LogP contribution in [0, 0.1) is 0 Å². The highest BCUT2D eigenvalue weighted by Crippen LogP contribution is 2.13. The predicted octanol–water partition coefficient (Wildman–Crippen LogP) is -0.109. The molecule has 102 valence electrons. The van der Waals surface area contributed by atoms with Crippen molar-refractivity contribution >= 4 is 11.8 Å². The van der Waals surface area contributed by atoms with Gasteiger partial charge in [-0.25, -0.2) is 0 Å². The quantitative estimate of drug-likeness (QED) is 0.795. The Bertz CT molecular complexity index is 472. The number of nitrogens with zero attached hydrogens (tertiary/aromatic N) is 2. The molecule has 3 N–H and O–H groups in total. The molecule has 1 aliphatic heterocycles. The zero-order chi connectivity index (χ0) is 13.8. The number of aromatic nitrogens is 1. The molecule has 1 aromatic rings. The van der Waals surface area contributed by atoms with Crippen molar-refractivity contribution in [3.8, 4) is 0 Å². The highest BCUT2D eigenvalue weighted by molar-refractivity contribution is 5.92. The molecule has 2 rings (SSSR count). The van der Waals surface area contributed by atoms with Crippen molar-refractivity contribution < 1.29 is 9.59 Å². The summed E-state index contributed by atoms with van der Waals surface area (Å²) in [4.78, 5) is 29.0. The zero-order valence-electron chi connectivity index (χ0n) is 10.9. The summed E-state index contributed by atoms with van der Waals surface area (Å²) in [6, 6.07) is 3.54. The molecule has 1 unspecified atom stereocenters. The lowest BCUT2D eigenvalue weighted by Gasteiger charge is -2.16. The van der Waals surface area contributed by atoms with E-state index >= 15 is 0 Å². The van der Waals surface area contributed by atoms with Gasteiger partial charge in [-0.05, 0) is 18.1 Å². The topological polar surface area (TPSA) is 88.3 Å². The summed E-state index contributed by atoms with van der Waals surface area (Å²) in [5.74, 6) is -0.166. The largest absolute Gasteiger partial charge is 0.352 e. The maximum atomic E-state index is 12.2. The minimum atomic E-state index is -0.101. The number of carbonyl (C=O) groups is 2. The number of hydrogen-bond acceptors (Lipinski definition) is 4. The highest BCUT2D eigenvalue weighted by atomic mass is 16.2. The van der Waals surface area contributed by atoms with E-state index in [0.29, 0.717) is 25.3 Å². The summed E-state index contributed by atoms with van der Waals surface area (Å²) in [5.41, 5.74) is 6.80. The summed E-state index contributed by atoms with van der Waals surface area (Å²) in [7, 11) is 0. The summed E-state index contributed by atoms with van der Waals surface area (Å²) < 4.78 is 0. The van der Waals surface area contributed by atoms with Gasteiger partial charge in [0.2, 0.25) is 5.91 Å². The molecule has 2 amide bonds. The number of nitrogens with one attached hydrogen (secondary N) is 1. The molecule has 0 radical (unpaired) electrons. The number of hydrogen-bond donors (Lipinski definition) is 2. The predicted molar refractivity (Wildman–Crippen MR) is 70.3 cm³/mol. The Labute approximate surface area is 112 Å². The Morgan fingerprint density at radius 3 is 2.89 bits per heavy atom. The first-order valence-electron chi connectivity index (χ1n) is 6.31. The molecule has 1 aliphatic rings. The van der Waals surface area contributed by atoms with Crippen LogP contribution in [0.25, 0.3) is 0 Å². The molecule has 6 heteroatoms. The number of carbonyl (C=O) groups excluding carboxylic acids is 2. The van der Waals surface area contributed by atoms with E-state index in [0.717, 1.165) is 12.0 Å². The van der Waals surface area contributed by atoms with E-state index in [1.165, 1.54) is 6.92 Å². The molecule has 1 saturated heterocycles. The van der Waals surface area contributed by atoms with Crippen molar-refractivity contribution in [2.45, 2.75) is 25.9 Å². The zero-order valence-corrected chi connectivity index (χ0v) is 10.9. The van der Waals surface area contributed by atoms with Crippen LogP contribution in [0.2, 0.25) is 0 Å². The standard InChI is InChI=1S/C13H18N4O2/c1-9(18)16-11-4-5-17(8-11)13(19)12-3-2-10(6-14)7-15-12/h2-3,7,11H,4-6,8,14H2,1H3,(H,16,18). The van der Waals surface area contributed by atoms with E-state index in [2.05, 4.69) is 10.3 Å². The Morgan fingerprint density at radius 1 is 1.53 bits per heavy atom. The third kappa shape index (κ3) is 3.29. The summed E-state index contributed by atoms with van der Waals surface area (Å²) in [6.07, 6.45) is 2.40. The first kappa shape index (κ1) is 13.5. The number of nitrogens with two attached hydrogens (primary N) is 1. The summed E-state index contributed by atoms with van der Waals surface area (Å²) in [6.45, 7) is 3.08. The lowest BCUT2D eigenvalue weighted by Crippen LogP contribution is -2.37. The summed E-state index contributed by atoms with van der Waals surface area (Å²) in [5, 5.41) is 2.83. The second kappa shape index (κ2) is 5.79. The fraction of sp³-hybridized carbons (Fsp3) is 0.462. The van der Waals surface area contributed by atoms with Crippen molar-refractivity contribution in [1.29, 1.82) is 0 Å². The molecule has 0 aromatic carbocycles. The van der Waals surface area contributed by atoms with E-state index in [-0.39, 0.29) is 17.9 Å². The Morgan fingerprint density at radius 2 is 2.32 bits per heavy atom. The van der Waals surface area contributed by atoms with Gasteiger partial charge in [0.05, 0.1) is 0 Å². The molecule has 19 heavy (non-hydrogen) atoms. The van der Waals surface area contributed by atoms with E-state index in [4.69, 9.17) is 5.73 Å². The van der Waals surface area contributed by atoms with Gasteiger partial charge in [0.25, 0.3) is 5.91 Å². The molecule has 1 atom stereocenters. The van der Waals surface area contributed by atoms with Crippen molar-refractivity contribution in [3.05, 3.63) is 29.6 Å². The SMILES string of the molecule is CC(=O)NC1CCN(C(=O)c2ccc(CN)cn2)C1. The molecule has 0 spiro atoms. The summed E-state index contributed by atoms with van der Waals surface area (Å²) >= 11 is 0. The van der Waals surface area contributed by atoms with Crippen molar-refractivity contribution in [1.82, 2.24) is 15.2 Å². The van der Waals surface area contributed by atoms with Crippen LogP contribution in [0.4, 0.5) is 0 Å². The third-order valence-electron chi connectivity index (χ3n) is 3.16.